The average Bonchev–Trinajstić information content (AvgIpc) is 2.35. The number of anilines is 1. The molecule has 5 heteroatoms. The molecule has 0 aliphatic carbocycles. The van der Waals surface area contributed by atoms with Crippen LogP contribution in [-0.4, -0.2) is 13.1 Å². The molecule has 0 atom stereocenters. The molecule has 2 N–H and O–H groups in total. The van der Waals surface area contributed by atoms with Crippen LogP contribution in [0.25, 0.3) is 0 Å². The van der Waals surface area contributed by atoms with E-state index in [1.54, 1.807) is 7.05 Å². The number of nitrogens with one attached hydrogen (secondary N) is 2. The number of carbonyl (C=O) groups excluding carboxylic acids is 1. The molecule has 3 nitrogen and oxygen atoms in total. The summed E-state index contributed by atoms with van der Waals surface area (Å²) in [5.74, 6) is 0. The SMILES string of the molecule is CNC(=O)Nc1cc(Br)cs1. The van der Waals surface area contributed by atoms with Gasteiger partial charge in [-0.2, -0.15) is 0 Å². The first kappa shape index (κ1) is 8.55. The number of urea groups is 1. The van der Waals surface area contributed by atoms with Crippen molar-refractivity contribution in [2.75, 3.05) is 12.4 Å². The molecule has 0 saturated carbocycles. The molecule has 0 saturated heterocycles. The first-order chi connectivity index (χ1) is 5.22. The molecule has 1 heterocycles. The van der Waals surface area contributed by atoms with Crippen molar-refractivity contribution in [2.24, 2.45) is 0 Å². The molecule has 0 unspecified atom stereocenters. The molecule has 0 aromatic carbocycles. The maximum atomic E-state index is 10.8. The van der Waals surface area contributed by atoms with Crippen LogP contribution in [0.4, 0.5) is 9.80 Å². The van der Waals surface area contributed by atoms with E-state index in [-0.39, 0.29) is 6.03 Å². The third-order valence-electron chi connectivity index (χ3n) is 1.03. The molecule has 0 radical (unpaired) electrons. The van der Waals surface area contributed by atoms with Gasteiger partial charge in [0.2, 0.25) is 0 Å². The van der Waals surface area contributed by atoms with Gasteiger partial charge in [-0.1, -0.05) is 0 Å². The summed E-state index contributed by atoms with van der Waals surface area (Å²) >= 11 is 4.76. The Bertz CT molecular complexity index is 261. The first-order valence-electron chi connectivity index (χ1n) is 2.95. The average molecular weight is 235 g/mol. The fraction of sp³-hybridized carbons (Fsp3) is 0.167. The van der Waals surface area contributed by atoms with E-state index in [1.165, 1.54) is 11.3 Å². The number of hydrogen-bond donors (Lipinski definition) is 2. The number of rotatable bonds is 1. The predicted molar refractivity (Wildman–Crippen MR) is 50.1 cm³/mol. The minimum Gasteiger partial charge on any atom is -0.341 e. The number of halogens is 1. The van der Waals surface area contributed by atoms with Crippen molar-refractivity contribution in [3.8, 4) is 0 Å². The van der Waals surface area contributed by atoms with Crippen LogP contribution in [0.3, 0.4) is 0 Å². The van der Waals surface area contributed by atoms with Crippen molar-refractivity contribution in [3.05, 3.63) is 15.9 Å². The highest BCUT2D eigenvalue weighted by Crippen LogP contribution is 2.23. The molecule has 1 aromatic heterocycles. The van der Waals surface area contributed by atoms with Gasteiger partial charge in [-0.3, -0.25) is 5.32 Å². The second-order valence-electron chi connectivity index (χ2n) is 1.83. The van der Waals surface area contributed by atoms with E-state index >= 15 is 0 Å². The number of hydrogen-bond acceptors (Lipinski definition) is 2. The van der Waals surface area contributed by atoms with Crippen LogP contribution in [0.15, 0.2) is 15.9 Å². The van der Waals surface area contributed by atoms with E-state index in [0.29, 0.717) is 0 Å². The molecule has 0 bridgehead atoms. The molecule has 1 aromatic rings. The Balaban J connectivity index is 2.57. The highest BCUT2D eigenvalue weighted by atomic mass is 79.9. The fourth-order valence-corrected chi connectivity index (χ4v) is 1.87. The molecule has 0 spiro atoms. The molecular formula is C6H7BrN2OS. The molecule has 60 valence electrons. The lowest BCUT2D eigenvalue weighted by Crippen LogP contribution is -2.23. The summed E-state index contributed by atoms with van der Waals surface area (Å²) in [7, 11) is 1.58. The largest absolute Gasteiger partial charge is 0.341 e. The van der Waals surface area contributed by atoms with Gasteiger partial charge in [-0.25, -0.2) is 4.79 Å². The Morgan fingerprint density at radius 1 is 1.73 bits per heavy atom. The van der Waals surface area contributed by atoms with Crippen LogP contribution in [0.5, 0.6) is 0 Å². The molecule has 11 heavy (non-hydrogen) atoms. The minimum atomic E-state index is -0.195. The van der Waals surface area contributed by atoms with Crippen LogP contribution in [0, 0.1) is 0 Å². The minimum absolute atomic E-state index is 0.195. The van der Waals surface area contributed by atoms with Gasteiger partial charge in [-0.05, 0) is 22.0 Å². The zero-order valence-corrected chi connectivity index (χ0v) is 8.25. The Morgan fingerprint density at radius 3 is 2.91 bits per heavy atom. The van der Waals surface area contributed by atoms with Crippen molar-refractivity contribution in [2.45, 2.75) is 0 Å². The summed E-state index contributed by atoms with van der Waals surface area (Å²) in [6.07, 6.45) is 0. The topological polar surface area (TPSA) is 41.1 Å². The van der Waals surface area contributed by atoms with Gasteiger partial charge in [0.1, 0.15) is 0 Å². The Labute approximate surface area is 76.9 Å². The lowest BCUT2D eigenvalue weighted by atomic mass is 10.6. The van der Waals surface area contributed by atoms with E-state index in [9.17, 15) is 4.79 Å². The molecule has 0 fully saturated rings. The van der Waals surface area contributed by atoms with Crippen molar-refractivity contribution >= 4 is 38.3 Å². The maximum Gasteiger partial charge on any atom is 0.319 e. The van der Waals surface area contributed by atoms with Crippen LogP contribution in [-0.2, 0) is 0 Å². The van der Waals surface area contributed by atoms with E-state index in [2.05, 4.69) is 26.6 Å². The summed E-state index contributed by atoms with van der Waals surface area (Å²) < 4.78 is 0.980. The van der Waals surface area contributed by atoms with Gasteiger partial charge in [0, 0.05) is 16.9 Å². The standard InChI is InChI=1S/C6H7BrN2OS/c1-8-6(10)9-5-2-4(7)3-11-5/h2-3H,1H3,(H2,8,9,10). The van der Waals surface area contributed by atoms with Crippen molar-refractivity contribution in [1.82, 2.24) is 5.32 Å². The number of amides is 2. The Hall–Kier alpha value is -0.550. The monoisotopic (exact) mass is 234 g/mol. The number of carbonyl (C=O) groups is 1. The predicted octanol–water partition coefficient (Wildman–Crippen LogP) is 2.26. The molecule has 0 aliphatic rings. The van der Waals surface area contributed by atoms with E-state index in [0.717, 1.165) is 9.47 Å². The maximum absolute atomic E-state index is 10.8. The Kier molecular flexibility index (Phi) is 2.90. The summed E-state index contributed by atoms with van der Waals surface area (Å²) in [6.45, 7) is 0. The van der Waals surface area contributed by atoms with E-state index in [1.807, 2.05) is 11.4 Å². The van der Waals surface area contributed by atoms with Crippen LogP contribution in [0.1, 0.15) is 0 Å². The van der Waals surface area contributed by atoms with Gasteiger partial charge in [-0.15, -0.1) is 11.3 Å². The summed E-state index contributed by atoms with van der Waals surface area (Å²) in [5, 5.41) is 7.85. The molecule has 1 rings (SSSR count). The second kappa shape index (κ2) is 3.73. The van der Waals surface area contributed by atoms with Gasteiger partial charge in [0.15, 0.2) is 0 Å². The van der Waals surface area contributed by atoms with E-state index in [4.69, 9.17) is 0 Å². The highest BCUT2D eigenvalue weighted by Gasteiger charge is 1.99. The van der Waals surface area contributed by atoms with Crippen LogP contribution in [0.2, 0.25) is 0 Å². The van der Waals surface area contributed by atoms with Gasteiger partial charge in [0.25, 0.3) is 0 Å². The Morgan fingerprint density at radius 2 is 2.45 bits per heavy atom. The zero-order chi connectivity index (χ0) is 8.27. The van der Waals surface area contributed by atoms with Crippen molar-refractivity contribution in [3.63, 3.8) is 0 Å². The van der Waals surface area contributed by atoms with Gasteiger partial charge < -0.3 is 5.32 Å². The second-order valence-corrected chi connectivity index (χ2v) is 3.66. The third-order valence-corrected chi connectivity index (χ3v) is 2.64. The van der Waals surface area contributed by atoms with Crippen molar-refractivity contribution in [1.29, 1.82) is 0 Å². The lowest BCUT2D eigenvalue weighted by molar-refractivity contribution is 0.254. The third kappa shape index (κ3) is 2.51. The van der Waals surface area contributed by atoms with Crippen LogP contribution < -0.4 is 10.6 Å². The smallest absolute Gasteiger partial charge is 0.319 e. The fourth-order valence-electron chi connectivity index (χ4n) is 0.553. The molecule has 0 aliphatic heterocycles. The van der Waals surface area contributed by atoms with Gasteiger partial charge in [0.05, 0.1) is 5.00 Å². The summed E-state index contributed by atoms with van der Waals surface area (Å²) in [5.41, 5.74) is 0. The van der Waals surface area contributed by atoms with Crippen molar-refractivity contribution < 1.29 is 4.79 Å². The summed E-state index contributed by atoms with van der Waals surface area (Å²) in [6, 6.07) is 1.65. The number of thiophene rings is 1. The van der Waals surface area contributed by atoms with Gasteiger partial charge >= 0.3 is 6.03 Å². The first-order valence-corrected chi connectivity index (χ1v) is 4.62. The quantitative estimate of drug-likeness (QED) is 0.770. The molecule has 2 amide bonds. The highest BCUT2D eigenvalue weighted by molar-refractivity contribution is 9.10. The van der Waals surface area contributed by atoms with E-state index < -0.39 is 0 Å². The normalized spacial score (nSPS) is 9.27. The zero-order valence-electron chi connectivity index (χ0n) is 5.85. The molecular weight excluding hydrogens is 228 g/mol. The summed E-state index contributed by atoms with van der Waals surface area (Å²) in [4.78, 5) is 10.8. The van der Waals surface area contributed by atoms with Crippen LogP contribution >= 0.6 is 27.3 Å². The lowest BCUT2D eigenvalue weighted by Gasteiger charge is -1.98.